The van der Waals surface area contributed by atoms with Crippen molar-refractivity contribution in [1.82, 2.24) is 0 Å². The van der Waals surface area contributed by atoms with Gasteiger partial charge in [0.15, 0.2) is 5.69 Å². The topological polar surface area (TPSA) is 3.88 Å². The molecule has 0 atom stereocenters. The van der Waals surface area contributed by atoms with Crippen LogP contribution in [0.4, 0.5) is 0 Å². The molecule has 1 heterocycles. The molecule has 0 saturated carbocycles. The Morgan fingerprint density at radius 1 is 1.12 bits per heavy atom. The van der Waals surface area contributed by atoms with Crippen LogP contribution in [0, 0.1) is 19.3 Å². The van der Waals surface area contributed by atoms with Crippen LogP contribution in [-0.4, -0.2) is 0 Å². The zero-order chi connectivity index (χ0) is 20.1. The van der Waals surface area contributed by atoms with Crippen LogP contribution in [0.25, 0.3) is 22.0 Å². The molecule has 3 rings (SSSR count). The minimum Gasteiger partial charge on any atom is -0.198 e. The number of fused-ring (bicyclic) bond motifs is 1. The van der Waals surface area contributed by atoms with Crippen molar-refractivity contribution in [2.75, 3.05) is 0 Å². The summed E-state index contributed by atoms with van der Waals surface area (Å²) in [5.41, 5.74) is 5.02. The van der Waals surface area contributed by atoms with Gasteiger partial charge in [-0.1, -0.05) is 51.1 Å². The molecule has 3 aromatic rings. The molecule has 1 heteroatoms. The van der Waals surface area contributed by atoms with Crippen molar-refractivity contribution in [3.8, 4) is 11.3 Å². The minimum absolute atomic E-state index is 0.184. The van der Waals surface area contributed by atoms with Gasteiger partial charge in [0, 0.05) is 18.5 Å². The molecule has 0 aliphatic heterocycles. The molecular weight excluding hydrogens is 290 g/mol. The lowest BCUT2D eigenvalue weighted by Crippen LogP contribution is -2.35. The number of benzene rings is 2. The molecule has 0 aliphatic rings. The SMILES string of the molecule is [2H]c1cc([2H])c(C)c(-c2c3ccc(CC(C)(C)C)cc3c([2H])c(C)[n+]2C)c1. The van der Waals surface area contributed by atoms with E-state index in [0.29, 0.717) is 18.1 Å². The third-order valence-corrected chi connectivity index (χ3v) is 4.49. The van der Waals surface area contributed by atoms with Crippen LogP contribution >= 0.6 is 0 Å². The van der Waals surface area contributed by atoms with Crippen molar-refractivity contribution in [2.45, 2.75) is 41.0 Å². The summed E-state index contributed by atoms with van der Waals surface area (Å²) >= 11 is 0. The molecule has 0 radical (unpaired) electrons. The lowest BCUT2D eigenvalue weighted by atomic mass is 9.87. The summed E-state index contributed by atoms with van der Waals surface area (Å²) in [6, 6.07) is 11.0. The second-order valence-corrected chi connectivity index (χ2v) is 7.87. The highest BCUT2D eigenvalue weighted by Crippen LogP contribution is 2.30. The predicted molar refractivity (Wildman–Crippen MR) is 103 cm³/mol. The van der Waals surface area contributed by atoms with Gasteiger partial charge in [-0.15, -0.1) is 0 Å². The minimum atomic E-state index is 0.184. The monoisotopic (exact) mass is 321 g/mol. The standard InChI is InChI=1S/C23H28N/c1-16-9-7-8-10-20(16)22-21-12-11-18(15-23(3,4)5)14-19(21)13-17(2)24(22)6/h7-14H,15H2,1-6H3/q+1/i8D,9D,13D. The van der Waals surface area contributed by atoms with Gasteiger partial charge in [0.05, 0.1) is 9.50 Å². The van der Waals surface area contributed by atoms with E-state index in [4.69, 9.17) is 4.11 Å². The van der Waals surface area contributed by atoms with E-state index in [1.807, 2.05) is 31.5 Å². The molecule has 0 unspecified atom stereocenters. The Morgan fingerprint density at radius 2 is 1.88 bits per heavy atom. The van der Waals surface area contributed by atoms with Crippen LogP contribution in [0.2, 0.25) is 0 Å². The Morgan fingerprint density at radius 3 is 2.58 bits per heavy atom. The summed E-state index contributed by atoms with van der Waals surface area (Å²) in [5.74, 6) is 0. The van der Waals surface area contributed by atoms with Crippen LogP contribution in [0.5, 0.6) is 0 Å². The Labute approximate surface area is 150 Å². The summed E-state index contributed by atoms with van der Waals surface area (Å²) in [6.45, 7) is 10.6. The number of rotatable bonds is 2. The molecule has 2 aromatic carbocycles. The third kappa shape index (κ3) is 3.21. The lowest BCUT2D eigenvalue weighted by Gasteiger charge is -2.18. The number of aromatic nitrogens is 1. The Kier molecular flexibility index (Phi) is 3.32. The van der Waals surface area contributed by atoms with Crippen molar-refractivity contribution >= 4 is 10.8 Å². The molecule has 1 nitrogen and oxygen atoms in total. The van der Waals surface area contributed by atoms with Gasteiger partial charge in [-0.3, -0.25) is 0 Å². The van der Waals surface area contributed by atoms with E-state index in [0.717, 1.165) is 39.7 Å². The van der Waals surface area contributed by atoms with Gasteiger partial charge in [-0.25, -0.2) is 0 Å². The molecule has 0 amide bonds. The molecule has 0 aliphatic carbocycles. The fraction of sp³-hybridized carbons (Fsp3) is 0.348. The van der Waals surface area contributed by atoms with Crippen LogP contribution in [0.3, 0.4) is 0 Å². The van der Waals surface area contributed by atoms with E-state index in [2.05, 4.69) is 39.0 Å². The highest BCUT2D eigenvalue weighted by Gasteiger charge is 2.20. The first-order valence-corrected chi connectivity index (χ1v) is 8.49. The van der Waals surface area contributed by atoms with Gasteiger partial charge in [0.2, 0.25) is 5.69 Å². The van der Waals surface area contributed by atoms with Crippen LogP contribution in [0.1, 0.15) is 41.7 Å². The fourth-order valence-corrected chi connectivity index (χ4v) is 3.28. The fourth-order valence-electron chi connectivity index (χ4n) is 3.28. The largest absolute Gasteiger partial charge is 0.220 e. The summed E-state index contributed by atoms with van der Waals surface area (Å²) in [4.78, 5) is 0. The van der Waals surface area contributed by atoms with Crippen molar-refractivity contribution in [1.29, 1.82) is 0 Å². The molecule has 0 bridgehead atoms. The van der Waals surface area contributed by atoms with Crippen molar-refractivity contribution in [2.24, 2.45) is 12.5 Å². The van der Waals surface area contributed by atoms with E-state index in [-0.39, 0.29) is 5.41 Å². The van der Waals surface area contributed by atoms with E-state index < -0.39 is 0 Å². The molecule has 0 saturated heterocycles. The first-order chi connectivity index (χ1) is 12.5. The summed E-state index contributed by atoms with van der Waals surface area (Å²) in [5, 5.41) is 1.93. The molecule has 0 fully saturated rings. The van der Waals surface area contributed by atoms with Gasteiger partial charge in [-0.2, -0.15) is 4.57 Å². The van der Waals surface area contributed by atoms with E-state index in [1.165, 1.54) is 5.56 Å². The molecule has 0 spiro atoms. The Bertz CT molecular complexity index is 1050. The summed E-state index contributed by atoms with van der Waals surface area (Å²) in [7, 11) is 1.96. The van der Waals surface area contributed by atoms with E-state index in [1.54, 1.807) is 6.07 Å². The highest BCUT2D eigenvalue weighted by molar-refractivity contribution is 5.94. The van der Waals surface area contributed by atoms with Crippen molar-refractivity contribution in [3.05, 3.63) is 65.3 Å². The molecule has 24 heavy (non-hydrogen) atoms. The zero-order valence-corrected chi connectivity index (χ0v) is 15.5. The lowest BCUT2D eigenvalue weighted by molar-refractivity contribution is -0.665. The Balaban J connectivity index is 2.37. The summed E-state index contributed by atoms with van der Waals surface area (Å²) < 4.78 is 26.9. The Hall–Kier alpha value is -2.15. The first-order valence-electron chi connectivity index (χ1n) is 9.99. The predicted octanol–water partition coefficient (Wildman–Crippen LogP) is 5.54. The molecular formula is C23H28N+. The van der Waals surface area contributed by atoms with Gasteiger partial charge < -0.3 is 0 Å². The van der Waals surface area contributed by atoms with Gasteiger partial charge in [0.1, 0.15) is 7.05 Å². The molecule has 124 valence electrons. The molecule has 1 aromatic heterocycles. The van der Waals surface area contributed by atoms with E-state index in [9.17, 15) is 0 Å². The smallest absolute Gasteiger partial charge is 0.198 e. The maximum Gasteiger partial charge on any atom is 0.220 e. The molecule has 0 N–H and O–H groups in total. The second-order valence-electron chi connectivity index (χ2n) is 7.87. The van der Waals surface area contributed by atoms with Crippen LogP contribution in [0.15, 0.2) is 48.5 Å². The normalized spacial score (nSPS) is 13.7. The van der Waals surface area contributed by atoms with Crippen molar-refractivity contribution in [3.63, 3.8) is 0 Å². The highest BCUT2D eigenvalue weighted by atomic mass is 14.9. The van der Waals surface area contributed by atoms with Crippen LogP contribution < -0.4 is 4.57 Å². The maximum absolute atomic E-state index is 8.66. The van der Waals surface area contributed by atoms with Crippen molar-refractivity contribution < 1.29 is 8.68 Å². The average molecular weight is 322 g/mol. The number of hydrogen-bond donors (Lipinski definition) is 0. The third-order valence-electron chi connectivity index (χ3n) is 4.49. The number of hydrogen-bond acceptors (Lipinski definition) is 0. The quantitative estimate of drug-likeness (QED) is 0.546. The van der Waals surface area contributed by atoms with Crippen LogP contribution in [-0.2, 0) is 13.5 Å². The number of pyridine rings is 1. The second kappa shape index (κ2) is 6.05. The van der Waals surface area contributed by atoms with Gasteiger partial charge >= 0.3 is 0 Å². The van der Waals surface area contributed by atoms with E-state index >= 15 is 0 Å². The summed E-state index contributed by atoms with van der Waals surface area (Å²) in [6.07, 6.45) is 0.954. The average Bonchev–Trinajstić information content (AvgIpc) is 2.56. The first kappa shape index (κ1) is 13.2. The zero-order valence-electron chi connectivity index (χ0n) is 18.5. The van der Waals surface area contributed by atoms with Gasteiger partial charge in [-0.05, 0) is 47.4 Å². The van der Waals surface area contributed by atoms with Gasteiger partial charge in [0.25, 0.3) is 0 Å². The maximum atomic E-state index is 8.66. The number of nitrogens with zero attached hydrogens (tertiary/aromatic N) is 1.